The number of aryl methyl sites for hydroxylation is 1. The standard InChI is InChI=1S/C24H18ClN3O2S/c1-16-22(18-6-3-2-4-7-18)27-24(31-16)28-26-15-17-10-12-21(13-11-17)30-23(29)19-8-5-9-20(25)14-19/h2-15H,1H3,(H,27,28)/b26-15+. The van der Waals surface area contributed by atoms with Crippen LogP contribution in [0.2, 0.25) is 5.02 Å². The summed E-state index contributed by atoms with van der Waals surface area (Å²) in [6, 6.07) is 23.7. The highest BCUT2D eigenvalue weighted by Gasteiger charge is 2.10. The Bertz CT molecular complexity index is 1220. The molecule has 5 nitrogen and oxygen atoms in total. The van der Waals surface area contributed by atoms with Crippen molar-refractivity contribution in [1.29, 1.82) is 0 Å². The van der Waals surface area contributed by atoms with Gasteiger partial charge in [0, 0.05) is 15.5 Å². The van der Waals surface area contributed by atoms with Crippen LogP contribution in [-0.4, -0.2) is 17.2 Å². The largest absolute Gasteiger partial charge is 0.423 e. The fraction of sp³-hybridized carbons (Fsp3) is 0.0417. The molecule has 0 saturated heterocycles. The Hall–Kier alpha value is -3.48. The van der Waals surface area contributed by atoms with Crippen LogP contribution in [0.25, 0.3) is 11.3 Å². The fourth-order valence-corrected chi connectivity index (χ4v) is 3.85. The van der Waals surface area contributed by atoms with Gasteiger partial charge >= 0.3 is 5.97 Å². The molecule has 1 aromatic heterocycles. The summed E-state index contributed by atoms with van der Waals surface area (Å²) < 4.78 is 5.38. The Kier molecular flexibility index (Phi) is 6.40. The van der Waals surface area contributed by atoms with Gasteiger partial charge in [0.25, 0.3) is 0 Å². The van der Waals surface area contributed by atoms with Crippen LogP contribution in [0.3, 0.4) is 0 Å². The van der Waals surface area contributed by atoms with E-state index in [-0.39, 0.29) is 0 Å². The molecule has 0 saturated carbocycles. The number of ether oxygens (including phenoxy) is 1. The first-order valence-electron chi connectivity index (χ1n) is 9.48. The number of carbonyl (C=O) groups is 1. The molecule has 1 heterocycles. The van der Waals surface area contributed by atoms with E-state index >= 15 is 0 Å². The molecule has 154 valence electrons. The van der Waals surface area contributed by atoms with E-state index in [9.17, 15) is 4.79 Å². The first-order chi connectivity index (χ1) is 15.1. The van der Waals surface area contributed by atoms with Crippen LogP contribution in [-0.2, 0) is 0 Å². The third kappa shape index (κ3) is 5.36. The maximum Gasteiger partial charge on any atom is 0.343 e. The first kappa shape index (κ1) is 20.8. The van der Waals surface area contributed by atoms with Gasteiger partial charge in [0.1, 0.15) is 5.75 Å². The number of thiazole rings is 1. The third-order valence-corrected chi connectivity index (χ3v) is 5.48. The SMILES string of the molecule is Cc1sc(N/N=C/c2ccc(OC(=O)c3cccc(Cl)c3)cc2)nc1-c1ccccc1. The second kappa shape index (κ2) is 9.55. The molecule has 0 spiro atoms. The summed E-state index contributed by atoms with van der Waals surface area (Å²) in [6.07, 6.45) is 1.68. The van der Waals surface area contributed by atoms with Gasteiger partial charge < -0.3 is 4.74 Å². The lowest BCUT2D eigenvalue weighted by atomic mass is 10.1. The number of hydrogen-bond donors (Lipinski definition) is 1. The van der Waals surface area contributed by atoms with Crippen LogP contribution in [0, 0.1) is 6.92 Å². The number of carbonyl (C=O) groups excluding carboxylic acids is 1. The molecule has 4 aromatic rings. The molecule has 0 fully saturated rings. The number of esters is 1. The average molecular weight is 448 g/mol. The molecule has 0 aliphatic heterocycles. The summed E-state index contributed by atoms with van der Waals surface area (Å²) in [4.78, 5) is 17.9. The summed E-state index contributed by atoms with van der Waals surface area (Å²) in [7, 11) is 0. The van der Waals surface area contributed by atoms with Crippen LogP contribution in [0.4, 0.5) is 5.13 Å². The molecule has 0 aliphatic rings. The van der Waals surface area contributed by atoms with Crippen LogP contribution in [0.15, 0.2) is 84.0 Å². The molecule has 0 aliphatic carbocycles. The third-order valence-electron chi connectivity index (χ3n) is 4.37. The zero-order valence-electron chi connectivity index (χ0n) is 16.6. The maximum atomic E-state index is 12.2. The second-order valence-electron chi connectivity index (χ2n) is 6.63. The summed E-state index contributed by atoms with van der Waals surface area (Å²) in [5.41, 5.74) is 6.26. The van der Waals surface area contributed by atoms with Crippen molar-refractivity contribution in [2.45, 2.75) is 6.92 Å². The number of hydrazone groups is 1. The van der Waals surface area contributed by atoms with E-state index in [2.05, 4.69) is 15.5 Å². The summed E-state index contributed by atoms with van der Waals surface area (Å²) in [5.74, 6) is -0.0166. The highest BCUT2D eigenvalue weighted by molar-refractivity contribution is 7.16. The smallest absolute Gasteiger partial charge is 0.343 e. The average Bonchev–Trinajstić information content (AvgIpc) is 3.16. The molecule has 3 aromatic carbocycles. The number of nitrogens with one attached hydrogen (secondary N) is 1. The molecule has 4 rings (SSSR count). The highest BCUT2D eigenvalue weighted by Crippen LogP contribution is 2.30. The van der Waals surface area contributed by atoms with Crippen molar-refractivity contribution < 1.29 is 9.53 Å². The van der Waals surface area contributed by atoms with Crippen molar-refractivity contribution in [3.63, 3.8) is 0 Å². The van der Waals surface area contributed by atoms with Crippen LogP contribution in [0.5, 0.6) is 5.75 Å². The fourth-order valence-electron chi connectivity index (χ4n) is 2.87. The number of hydrogen-bond acceptors (Lipinski definition) is 6. The molecule has 0 bridgehead atoms. The van der Waals surface area contributed by atoms with Gasteiger partial charge in [0.2, 0.25) is 5.13 Å². The topological polar surface area (TPSA) is 63.6 Å². The summed E-state index contributed by atoms with van der Waals surface area (Å²) in [6.45, 7) is 2.04. The van der Waals surface area contributed by atoms with Crippen molar-refractivity contribution in [3.05, 3.63) is 99.9 Å². The monoisotopic (exact) mass is 447 g/mol. The highest BCUT2D eigenvalue weighted by atomic mass is 35.5. The molecule has 0 amide bonds. The minimum atomic E-state index is -0.459. The minimum Gasteiger partial charge on any atom is -0.423 e. The summed E-state index contributed by atoms with van der Waals surface area (Å²) in [5, 5.41) is 5.47. The molecular formula is C24H18ClN3O2S. The molecule has 31 heavy (non-hydrogen) atoms. The number of aromatic nitrogens is 1. The Morgan fingerprint density at radius 1 is 1.06 bits per heavy atom. The Morgan fingerprint density at radius 2 is 1.84 bits per heavy atom. The Balaban J connectivity index is 1.37. The predicted octanol–water partition coefficient (Wildman–Crippen LogP) is 6.44. The number of anilines is 1. The first-order valence-corrected chi connectivity index (χ1v) is 10.7. The quantitative estimate of drug-likeness (QED) is 0.160. The van der Waals surface area contributed by atoms with E-state index < -0.39 is 5.97 Å². The van der Waals surface area contributed by atoms with Crippen molar-refractivity contribution in [2.75, 3.05) is 5.43 Å². The van der Waals surface area contributed by atoms with Crippen LogP contribution in [0.1, 0.15) is 20.8 Å². The molecule has 0 unspecified atom stereocenters. The van der Waals surface area contributed by atoms with E-state index in [1.807, 2.05) is 49.4 Å². The zero-order valence-corrected chi connectivity index (χ0v) is 18.2. The van der Waals surface area contributed by atoms with Crippen LogP contribution >= 0.6 is 22.9 Å². The van der Waals surface area contributed by atoms with E-state index in [0.29, 0.717) is 16.3 Å². The van der Waals surface area contributed by atoms with Crippen molar-refractivity contribution >= 4 is 40.3 Å². The van der Waals surface area contributed by atoms with Gasteiger partial charge in [-0.05, 0) is 55.0 Å². The normalized spacial score (nSPS) is 10.9. The van der Waals surface area contributed by atoms with Crippen molar-refractivity contribution in [2.24, 2.45) is 5.10 Å². The number of rotatable bonds is 6. The molecule has 0 atom stereocenters. The van der Waals surface area contributed by atoms with Gasteiger partial charge in [0.15, 0.2) is 0 Å². The maximum absolute atomic E-state index is 12.2. The lowest BCUT2D eigenvalue weighted by Crippen LogP contribution is -2.08. The van der Waals surface area contributed by atoms with E-state index in [0.717, 1.165) is 26.8 Å². The van der Waals surface area contributed by atoms with E-state index in [1.165, 1.54) is 0 Å². The van der Waals surface area contributed by atoms with Crippen LogP contribution < -0.4 is 10.2 Å². The molecule has 7 heteroatoms. The van der Waals surface area contributed by atoms with Gasteiger partial charge in [-0.15, -0.1) is 11.3 Å². The number of halogens is 1. The molecule has 1 N–H and O–H groups in total. The van der Waals surface area contributed by atoms with Gasteiger partial charge in [-0.3, -0.25) is 5.43 Å². The van der Waals surface area contributed by atoms with Gasteiger partial charge in [-0.2, -0.15) is 5.10 Å². The van der Waals surface area contributed by atoms with Crippen molar-refractivity contribution in [3.8, 4) is 17.0 Å². The molecular weight excluding hydrogens is 430 g/mol. The van der Waals surface area contributed by atoms with Crippen molar-refractivity contribution in [1.82, 2.24) is 4.98 Å². The van der Waals surface area contributed by atoms with Gasteiger partial charge in [-0.25, -0.2) is 9.78 Å². The minimum absolute atomic E-state index is 0.399. The Labute approximate surface area is 189 Å². The lowest BCUT2D eigenvalue weighted by molar-refractivity contribution is 0.0735. The Morgan fingerprint density at radius 3 is 2.58 bits per heavy atom. The van der Waals surface area contributed by atoms with E-state index in [1.54, 1.807) is 53.9 Å². The van der Waals surface area contributed by atoms with Gasteiger partial charge in [-0.1, -0.05) is 48.0 Å². The second-order valence-corrected chi connectivity index (χ2v) is 8.27. The number of nitrogens with zero attached hydrogens (tertiary/aromatic N) is 2. The summed E-state index contributed by atoms with van der Waals surface area (Å²) >= 11 is 7.46. The zero-order chi connectivity index (χ0) is 21.6. The predicted molar refractivity (Wildman–Crippen MR) is 126 cm³/mol. The number of benzene rings is 3. The van der Waals surface area contributed by atoms with E-state index in [4.69, 9.17) is 16.3 Å². The van der Waals surface area contributed by atoms with Gasteiger partial charge in [0.05, 0.1) is 17.5 Å². The molecule has 0 radical (unpaired) electrons. The lowest BCUT2D eigenvalue weighted by Gasteiger charge is -2.05.